The van der Waals surface area contributed by atoms with Gasteiger partial charge < -0.3 is 10.2 Å². The van der Waals surface area contributed by atoms with Crippen molar-refractivity contribution in [2.75, 3.05) is 16.8 Å². The number of carbonyl (C=O) groups is 1. The summed E-state index contributed by atoms with van der Waals surface area (Å²) in [6.07, 6.45) is 0.988. The zero-order valence-electron chi connectivity index (χ0n) is 14.4. The van der Waals surface area contributed by atoms with Crippen molar-refractivity contribution in [3.63, 3.8) is 0 Å². The number of aromatic nitrogens is 1. The van der Waals surface area contributed by atoms with E-state index in [0.29, 0.717) is 0 Å². The first-order chi connectivity index (χ1) is 12.6. The average molecular weight is 365 g/mol. The van der Waals surface area contributed by atoms with Crippen molar-refractivity contribution >= 4 is 34.3 Å². The smallest absolute Gasteiger partial charge is 0.307 e. The molecule has 1 aromatic heterocycles. The summed E-state index contributed by atoms with van der Waals surface area (Å²) in [6, 6.07) is 16.1. The van der Waals surface area contributed by atoms with Gasteiger partial charge in [0.1, 0.15) is 6.54 Å². The minimum Gasteiger partial charge on any atom is -0.339 e. The molecule has 0 radical (unpaired) electrons. The van der Waals surface area contributed by atoms with E-state index >= 15 is 0 Å². The Kier molecular flexibility index (Phi) is 4.34. The van der Waals surface area contributed by atoms with Crippen molar-refractivity contribution in [1.82, 2.24) is 4.57 Å². The summed E-state index contributed by atoms with van der Waals surface area (Å²) in [5.41, 5.74) is 5.03. The number of fused-ring (bicyclic) bond motifs is 1. The summed E-state index contributed by atoms with van der Waals surface area (Å²) in [4.78, 5) is 26.5. The van der Waals surface area contributed by atoms with Crippen LogP contribution in [0.4, 0.5) is 17.1 Å². The zero-order valence-corrected chi connectivity index (χ0v) is 15.3. The van der Waals surface area contributed by atoms with Crippen molar-refractivity contribution in [1.29, 1.82) is 0 Å². The number of amides is 1. The molecule has 0 spiro atoms. The van der Waals surface area contributed by atoms with E-state index < -0.39 is 0 Å². The van der Waals surface area contributed by atoms with Gasteiger partial charge in [-0.25, -0.2) is 0 Å². The highest BCUT2D eigenvalue weighted by Gasteiger charge is 2.22. The molecule has 0 atom stereocenters. The molecule has 1 aliphatic heterocycles. The minimum absolute atomic E-state index is 0.0269. The van der Waals surface area contributed by atoms with Crippen LogP contribution in [0.3, 0.4) is 0 Å². The number of nitrogens with zero attached hydrogens (tertiary/aromatic N) is 2. The number of para-hydroxylation sites is 3. The number of carbonyl (C=O) groups excluding carboxylic acids is 1. The third-order valence-electron chi connectivity index (χ3n) is 4.63. The molecule has 2 heterocycles. The molecule has 1 N–H and O–H groups in total. The fraction of sp³-hybridized carbons (Fsp3) is 0.200. The SMILES string of the molecule is Cc1csc(=O)n1CC(=O)Nc1ccccc1N1CCc2ccccc21. The van der Waals surface area contributed by atoms with Crippen LogP contribution in [0.25, 0.3) is 0 Å². The number of nitrogens with one attached hydrogen (secondary N) is 1. The lowest BCUT2D eigenvalue weighted by Gasteiger charge is -2.23. The Bertz CT molecular complexity index is 1020. The zero-order chi connectivity index (χ0) is 18.1. The van der Waals surface area contributed by atoms with E-state index in [9.17, 15) is 9.59 Å². The van der Waals surface area contributed by atoms with Crippen molar-refractivity contribution in [2.45, 2.75) is 19.9 Å². The lowest BCUT2D eigenvalue weighted by atomic mass is 10.2. The third-order valence-corrected chi connectivity index (χ3v) is 5.52. The van der Waals surface area contributed by atoms with Gasteiger partial charge in [-0.1, -0.05) is 41.7 Å². The second-order valence-electron chi connectivity index (χ2n) is 6.32. The molecule has 6 heteroatoms. The van der Waals surface area contributed by atoms with Gasteiger partial charge in [0.25, 0.3) is 0 Å². The number of hydrogen-bond acceptors (Lipinski definition) is 4. The van der Waals surface area contributed by atoms with E-state index in [1.54, 1.807) is 5.38 Å². The molecule has 0 bridgehead atoms. The van der Waals surface area contributed by atoms with Crippen LogP contribution in [-0.2, 0) is 17.8 Å². The molecule has 0 aliphatic carbocycles. The molecule has 3 aromatic rings. The van der Waals surface area contributed by atoms with E-state index in [4.69, 9.17) is 0 Å². The molecule has 0 saturated heterocycles. The molecule has 5 nitrogen and oxygen atoms in total. The summed E-state index contributed by atoms with van der Waals surface area (Å²) < 4.78 is 1.49. The molecule has 0 saturated carbocycles. The summed E-state index contributed by atoms with van der Waals surface area (Å²) in [6.45, 7) is 2.74. The molecule has 4 rings (SSSR count). The maximum Gasteiger partial charge on any atom is 0.307 e. The van der Waals surface area contributed by atoms with Gasteiger partial charge >= 0.3 is 4.87 Å². The predicted molar refractivity (Wildman–Crippen MR) is 106 cm³/mol. The van der Waals surface area contributed by atoms with Crippen LogP contribution in [0.15, 0.2) is 58.7 Å². The number of anilines is 3. The number of hydrogen-bond donors (Lipinski definition) is 1. The molecule has 1 amide bonds. The molecule has 1 aliphatic rings. The van der Waals surface area contributed by atoms with Crippen LogP contribution < -0.4 is 15.1 Å². The van der Waals surface area contributed by atoms with Crippen LogP contribution in [0, 0.1) is 6.92 Å². The van der Waals surface area contributed by atoms with E-state index in [1.807, 2.05) is 37.3 Å². The second-order valence-corrected chi connectivity index (χ2v) is 7.15. The van der Waals surface area contributed by atoms with Crippen LogP contribution in [0.1, 0.15) is 11.3 Å². The van der Waals surface area contributed by atoms with E-state index in [0.717, 1.165) is 41.4 Å². The lowest BCUT2D eigenvalue weighted by molar-refractivity contribution is -0.116. The average Bonchev–Trinajstić information content (AvgIpc) is 3.21. The molecule has 132 valence electrons. The van der Waals surface area contributed by atoms with Gasteiger partial charge in [-0.15, -0.1) is 0 Å². The van der Waals surface area contributed by atoms with Gasteiger partial charge in [0.15, 0.2) is 0 Å². The van der Waals surface area contributed by atoms with Crippen molar-refractivity contribution < 1.29 is 4.79 Å². The maximum atomic E-state index is 12.5. The minimum atomic E-state index is -0.200. The van der Waals surface area contributed by atoms with Crippen molar-refractivity contribution in [3.8, 4) is 0 Å². The normalized spacial score (nSPS) is 12.9. The number of thiazole rings is 1. The van der Waals surface area contributed by atoms with Crippen LogP contribution >= 0.6 is 11.3 Å². The van der Waals surface area contributed by atoms with E-state index in [-0.39, 0.29) is 17.3 Å². The highest BCUT2D eigenvalue weighted by Crippen LogP contribution is 2.38. The van der Waals surface area contributed by atoms with Crippen molar-refractivity contribution in [2.24, 2.45) is 0 Å². The topological polar surface area (TPSA) is 54.3 Å². The van der Waals surface area contributed by atoms with Gasteiger partial charge in [-0.05, 0) is 37.1 Å². The molecule has 26 heavy (non-hydrogen) atoms. The first-order valence-corrected chi connectivity index (χ1v) is 9.41. The Balaban J connectivity index is 1.59. The monoisotopic (exact) mass is 365 g/mol. The van der Waals surface area contributed by atoms with Gasteiger partial charge in [0.2, 0.25) is 5.91 Å². The molecular formula is C20H19N3O2S. The lowest BCUT2D eigenvalue weighted by Crippen LogP contribution is -2.26. The fourth-order valence-corrected chi connectivity index (χ4v) is 4.07. The number of aryl methyl sites for hydroxylation is 1. The van der Waals surface area contributed by atoms with E-state index in [2.05, 4.69) is 28.4 Å². The molecular weight excluding hydrogens is 346 g/mol. The molecule has 0 unspecified atom stereocenters. The number of rotatable bonds is 4. The van der Waals surface area contributed by atoms with Crippen LogP contribution in [0.2, 0.25) is 0 Å². The Labute approximate surface area is 155 Å². The molecule has 0 fully saturated rings. The molecule has 2 aromatic carbocycles. The number of benzene rings is 2. The van der Waals surface area contributed by atoms with Gasteiger partial charge in [0.05, 0.1) is 11.4 Å². The summed E-state index contributed by atoms with van der Waals surface area (Å²) >= 11 is 1.11. The Morgan fingerprint density at radius 1 is 1.12 bits per heavy atom. The standard InChI is InChI=1S/C20H19N3O2S/c1-14-13-26-20(25)23(14)12-19(24)21-16-7-3-5-9-18(16)22-11-10-15-6-2-4-8-17(15)22/h2-9,13H,10-12H2,1H3,(H,21,24). The third kappa shape index (κ3) is 3.04. The highest BCUT2D eigenvalue weighted by molar-refractivity contribution is 7.07. The van der Waals surface area contributed by atoms with Crippen LogP contribution in [-0.4, -0.2) is 17.0 Å². The Morgan fingerprint density at radius 3 is 2.62 bits per heavy atom. The van der Waals surface area contributed by atoms with Crippen LogP contribution in [0.5, 0.6) is 0 Å². The Morgan fingerprint density at radius 2 is 1.85 bits per heavy atom. The summed E-state index contributed by atoms with van der Waals surface area (Å²) in [5, 5.41) is 4.74. The first-order valence-electron chi connectivity index (χ1n) is 8.53. The maximum absolute atomic E-state index is 12.5. The largest absolute Gasteiger partial charge is 0.339 e. The predicted octanol–water partition coefficient (Wildman–Crippen LogP) is 3.55. The van der Waals surface area contributed by atoms with Crippen molar-refractivity contribution in [3.05, 3.63) is 74.8 Å². The summed E-state index contributed by atoms with van der Waals surface area (Å²) in [5.74, 6) is -0.200. The Hall–Kier alpha value is -2.86. The summed E-state index contributed by atoms with van der Waals surface area (Å²) in [7, 11) is 0. The van der Waals surface area contributed by atoms with Gasteiger partial charge in [0, 0.05) is 23.3 Å². The van der Waals surface area contributed by atoms with Gasteiger partial charge in [-0.3, -0.25) is 14.2 Å². The second kappa shape index (κ2) is 6.80. The first kappa shape index (κ1) is 16.6. The van der Waals surface area contributed by atoms with Gasteiger partial charge in [-0.2, -0.15) is 0 Å². The van der Waals surface area contributed by atoms with E-state index in [1.165, 1.54) is 15.8 Å². The fourth-order valence-electron chi connectivity index (χ4n) is 3.33. The highest BCUT2D eigenvalue weighted by atomic mass is 32.1. The quantitative estimate of drug-likeness (QED) is 0.769.